The quantitative estimate of drug-likeness (QED) is 0.668. The molecule has 3 rings (SSSR count). The summed E-state index contributed by atoms with van der Waals surface area (Å²) in [4.78, 5) is 15.3. The van der Waals surface area contributed by atoms with Gasteiger partial charge in [-0.2, -0.15) is 5.26 Å². The molecule has 0 radical (unpaired) electrons. The van der Waals surface area contributed by atoms with Crippen molar-refractivity contribution < 1.29 is 10.0 Å². The van der Waals surface area contributed by atoms with E-state index in [1.807, 2.05) is 4.90 Å². The molecule has 2 saturated heterocycles. The number of nitro benzene ring substituents is 1. The fraction of sp³-hybridized carbons (Fsp3) is 0.588. The van der Waals surface area contributed by atoms with E-state index in [0.29, 0.717) is 17.2 Å². The van der Waals surface area contributed by atoms with Gasteiger partial charge in [0.25, 0.3) is 5.69 Å². The van der Waals surface area contributed by atoms with E-state index in [0.717, 1.165) is 52.0 Å². The van der Waals surface area contributed by atoms with Gasteiger partial charge in [0, 0.05) is 38.8 Å². The Morgan fingerprint density at radius 3 is 2.83 bits per heavy atom. The highest BCUT2D eigenvalue weighted by Crippen LogP contribution is 2.32. The average Bonchev–Trinajstić information content (AvgIpc) is 2.99. The predicted molar refractivity (Wildman–Crippen MR) is 89.8 cm³/mol. The van der Waals surface area contributed by atoms with E-state index in [1.54, 1.807) is 6.07 Å². The highest BCUT2D eigenvalue weighted by atomic mass is 16.6. The molecule has 2 atom stereocenters. The smallest absolute Gasteiger partial charge is 0.292 e. The zero-order chi connectivity index (χ0) is 17.1. The number of likely N-dealkylation sites (tertiary alicyclic amines) is 1. The third-order valence-corrected chi connectivity index (χ3v) is 4.92. The lowest BCUT2D eigenvalue weighted by Crippen LogP contribution is -2.41. The van der Waals surface area contributed by atoms with Gasteiger partial charge >= 0.3 is 0 Å². The Kier molecular flexibility index (Phi) is 4.97. The molecule has 2 aliphatic heterocycles. The van der Waals surface area contributed by atoms with E-state index in [4.69, 9.17) is 5.26 Å². The van der Waals surface area contributed by atoms with Gasteiger partial charge in [0.2, 0.25) is 0 Å². The Hall–Kier alpha value is -2.17. The number of aliphatic hydroxyl groups excluding tert-OH is 1. The zero-order valence-electron chi connectivity index (χ0n) is 13.6. The molecular formula is C17H22N4O3. The van der Waals surface area contributed by atoms with Gasteiger partial charge in [0.1, 0.15) is 5.69 Å². The van der Waals surface area contributed by atoms with Crippen molar-refractivity contribution in [2.24, 2.45) is 5.92 Å². The van der Waals surface area contributed by atoms with Crippen LogP contribution in [0.15, 0.2) is 18.2 Å². The van der Waals surface area contributed by atoms with Gasteiger partial charge in [0.05, 0.1) is 22.7 Å². The van der Waals surface area contributed by atoms with Crippen molar-refractivity contribution in [3.8, 4) is 6.07 Å². The van der Waals surface area contributed by atoms with Crippen LogP contribution in [0.2, 0.25) is 0 Å². The molecule has 2 heterocycles. The number of nitriles is 1. The summed E-state index contributed by atoms with van der Waals surface area (Å²) >= 11 is 0. The number of nitro groups is 1. The highest BCUT2D eigenvalue weighted by molar-refractivity contribution is 5.66. The van der Waals surface area contributed by atoms with E-state index in [-0.39, 0.29) is 16.7 Å². The zero-order valence-corrected chi connectivity index (χ0v) is 13.6. The number of anilines is 1. The van der Waals surface area contributed by atoms with E-state index >= 15 is 0 Å². The number of rotatable bonds is 4. The van der Waals surface area contributed by atoms with Crippen molar-refractivity contribution in [3.63, 3.8) is 0 Å². The molecule has 24 heavy (non-hydrogen) atoms. The summed E-state index contributed by atoms with van der Waals surface area (Å²) in [5.41, 5.74) is 1.05. The summed E-state index contributed by atoms with van der Waals surface area (Å²) in [5, 5.41) is 30.1. The normalized spacial score (nSPS) is 24.8. The van der Waals surface area contributed by atoms with Gasteiger partial charge in [-0.05, 0) is 37.3 Å². The van der Waals surface area contributed by atoms with Gasteiger partial charge in [0.15, 0.2) is 0 Å². The van der Waals surface area contributed by atoms with Crippen LogP contribution < -0.4 is 4.90 Å². The van der Waals surface area contributed by atoms with Crippen molar-refractivity contribution in [1.82, 2.24) is 4.90 Å². The van der Waals surface area contributed by atoms with Crippen LogP contribution in [0.1, 0.15) is 24.8 Å². The van der Waals surface area contributed by atoms with Gasteiger partial charge in [-0.25, -0.2) is 0 Å². The Morgan fingerprint density at radius 2 is 2.17 bits per heavy atom. The Labute approximate surface area is 141 Å². The van der Waals surface area contributed by atoms with Gasteiger partial charge in [-0.3, -0.25) is 10.1 Å². The summed E-state index contributed by atoms with van der Waals surface area (Å²) in [6.45, 7) is 4.08. The van der Waals surface area contributed by atoms with Crippen LogP contribution in [0.25, 0.3) is 0 Å². The topological polar surface area (TPSA) is 93.6 Å². The molecule has 0 bridgehead atoms. The Morgan fingerprint density at radius 1 is 1.33 bits per heavy atom. The molecule has 1 aromatic rings. The van der Waals surface area contributed by atoms with E-state index in [2.05, 4.69) is 11.0 Å². The minimum Gasteiger partial charge on any atom is -0.392 e. The van der Waals surface area contributed by atoms with Gasteiger partial charge in [-0.15, -0.1) is 0 Å². The second-order valence-corrected chi connectivity index (χ2v) is 6.73. The molecule has 0 amide bonds. The number of hydrogen-bond acceptors (Lipinski definition) is 6. The minimum absolute atomic E-state index is 0.0613. The van der Waals surface area contributed by atoms with Gasteiger partial charge in [-0.1, -0.05) is 0 Å². The maximum atomic E-state index is 11.3. The SMILES string of the molecule is N#Cc1ccc([N+](=O)[O-])c(N2CCC[C@H](CN3CC[C@@H](O)C3)C2)c1. The molecule has 1 aromatic carbocycles. The van der Waals surface area contributed by atoms with E-state index in [9.17, 15) is 15.2 Å². The van der Waals surface area contributed by atoms with Crippen LogP contribution in [-0.2, 0) is 0 Å². The molecule has 0 aromatic heterocycles. The molecule has 128 valence electrons. The van der Waals surface area contributed by atoms with Crippen molar-refractivity contribution in [2.45, 2.75) is 25.4 Å². The number of benzene rings is 1. The highest BCUT2D eigenvalue weighted by Gasteiger charge is 2.29. The van der Waals surface area contributed by atoms with Crippen LogP contribution in [0, 0.1) is 27.4 Å². The van der Waals surface area contributed by atoms with E-state index < -0.39 is 0 Å². The first kappa shape index (κ1) is 16.7. The summed E-state index contributed by atoms with van der Waals surface area (Å²) in [5.74, 6) is 0.425. The van der Waals surface area contributed by atoms with Crippen molar-refractivity contribution >= 4 is 11.4 Å². The maximum absolute atomic E-state index is 11.3. The second-order valence-electron chi connectivity index (χ2n) is 6.73. The first-order chi connectivity index (χ1) is 11.6. The second kappa shape index (κ2) is 7.16. The number of β-amino-alcohol motifs (C(OH)–C–C–N with tert-alkyl or cyclic N) is 1. The summed E-state index contributed by atoms with van der Waals surface area (Å²) in [7, 11) is 0. The standard InChI is InChI=1S/C17H22N4O3/c18-9-13-3-4-16(21(23)24)17(8-13)20-6-1-2-14(11-20)10-19-7-5-15(22)12-19/h3-4,8,14-15,22H,1-2,5-7,10-12H2/t14-,15-/m1/s1. The van der Waals surface area contributed by atoms with Crippen LogP contribution in [0.4, 0.5) is 11.4 Å². The summed E-state index contributed by atoms with van der Waals surface area (Å²) in [6.07, 6.45) is 2.67. The minimum atomic E-state index is -0.378. The molecule has 2 aliphatic rings. The first-order valence-corrected chi connectivity index (χ1v) is 8.40. The van der Waals surface area contributed by atoms with Crippen LogP contribution in [-0.4, -0.2) is 53.8 Å². The average molecular weight is 330 g/mol. The van der Waals surface area contributed by atoms with E-state index in [1.165, 1.54) is 12.1 Å². The largest absolute Gasteiger partial charge is 0.392 e. The molecule has 0 spiro atoms. The number of hydrogen-bond donors (Lipinski definition) is 1. The summed E-state index contributed by atoms with van der Waals surface area (Å²) in [6, 6.07) is 6.61. The van der Waals surface area contributed by atoms with Crippen molar-refractivity contribution in [2.75, 3.05) is 37.6 Å². The summed E-state index contributed by atoms with van der Waals surface area (Å²) < 4.78 is 0. The molecule has 2 fully saturated rings. The third-order valence-electron chi connectivity index (χ3n) is 4.92. The Bertz CT molecular complexity index is 658. The monoisotopic (exact) mass is 330 g/mol. The Balaban J connectivity index is 1.74. The lowest BCUT2D eigenvalue weighted by Gasteiger charge is -2.35. The molecule has 0 unspecified atom stereocenters. The van der Waals surface area contributed by atoms with Crippen LogP contribution in [0.3, 0.4) is 0 Å². The number of nitrogens with zero attached hydrogens (tertiary/aromatic N) is 4. The fourth-order valence-electron chi connectivity index (χ4n) is 3.78. The van der Waals surface area contributed by atoms with Gasteiger partial charge < -0.3 is 14.9 Å². The number of aliphatic hydroxyl groups is 1. The fourth-order valence-corrected chi connectivity index (χ4v) is 3.78. The predicted octanol–water partition coefficient (Wildman–Crippen LogP) is 1.75. The molecule has 0 aliphatic carbocycles. The van der Waals surface area contributed by atoms with Crippen LogP contribution in [0.5, 0.6) is 0 Å². The van der Waals surface area contributed by atoms with Crippen LogP contribution >= 0.6 is 0 Å². The molecule has 1 N–H and O–H groups in total. The van der Waals surface area contributed by atoms with Crippen molar-refractivity contribution in [3.05, 3.63) is 33.9 Å². The molecular weight excluding hydrogens is 308 g/mol. The third kappa shape index (κ3) is 3.66. The maximum Gasteiger partial charge on any atom is 0.292 e. The first-order valence-electron chi connectivity index (χ1n) is 8.40. The number of piperidine rings is 1. The molecule has 7 heteroatoms. The molecule has 0 saturated carbocycles. The lowest BCUT2D eigenvalue weighted by atomic mass is 9.96. The lowest BCUT2D eigenvalue weighted by molar-refractivity contribution is -0.384. The molecule has 7 nitrogen and oxygen atoms in total. The van der Waals surface area contributed by atoms with Crippen molar-refractivity contribution in [1.29, 1.82) is 5.26 Å².